The predicted octanol–water partition coefficient (Wildman–Crippen LogP) is 7.40. The Morgan fingerprint density at radius 1 is 0.951 bits per heavy atom. The molecular weight excluding hydrogens is 566 g/mol. The van der Waals surface area contributed by atoms with Crippen molar-refractivity contribution in [2.24, 2.45) is 4.99 Å². The number of amidine groups is 1. The molecular formula is C30H23F3N6S2. The molecule has 2 fully saturated rings. The minimum absolute atomic E-state index is 0.0481. The van der Waals surface area contributed by atoms with Crippen LogP contribution in [-0.4, -0.2) is 21.6 Å². The zero-order chi connectivity index (χ0) is 29.5. The number of rotatable bonds is 3. The van der Waals surface area contributed by atoms with Gasteiger partial charge in [0.25, 0.3) is 0 Å². The Labute approximate surface area is 246 Å². The third kappa shape index (κ3) is 5.03. The highest BCUT2D eigenvalue weighted by Gasteiger charge is 2.58. The summed E-state index contributed by atoms with van der Waals surface area (Å²) in [5.74, 6) is 0.556. The van der Waals surface area contributed by atoms with E-state index in [1.54, 1.807) is 18.2 Å². The monoisotopic (exact) mass is 588 g/mol. The van der Waals surface area contributed by atoms with Gasteiger partial charge in [0.1, 0.15) is 11.4 Å². The first kappa shape index (κ1) is 28.2. The molecule has 2 aliphatic rings. The van der Waals surface area contributed by atoms with E-state index in [9.17, 15) is 18.4 Å². The van der Waals surface area contributed by atoms with Gasteiger partial charge in [0, 0.05) is 17.1 Å². The SMILES string of the molecule is Cc1ccc(N2C(=S)N(c3ccc(C#N)c(C)c3)C(=NC(=S)Nc3ccc(C#N)c(C(F)(F)F)c3)C23CCC3)cc1. The zero-order valence-corrected chi connectivity index (χ0v) is 23.7. The topological polar surface area (TPSA) is 78.4 Å². The van der Waals surface area contributed by atoms with Crippen molar-refractivity contribution < 1.29 is 13.2 Å². The summed E-state index contributed by atoms with van der Waals surface area (Å²) in [5, 5.41) is 21.8. The molecule has 0 radical (unpaired) electrons. The largest absolute Gasteiger partial charge is 0.417 e. The molecule has 11 heteroatoms. The molecule has 41 heavy (non-hydrogen) atoms. The molecule has 5 rings (SSSR count). The molecule has 1 spiro atoms. The van der Waals surface area contributed by atoms with Crippen LogP contribution in [-0.2, 0) is 6.18 Å². The molecule has 1 heterocycles. The van der Waals surface area contributed by atoms with Crippen LogP contribution in [0.3, 0.4) is 0 Å². The highest BCUT2D eigenvalue weighted by molar-refractivity contribution is 7.81. The van der Waals surface area contributed by atoms with Crippen molar-refractivity contribution in [2.75, 3.05) is 15.1 Å². The molecule has 6 nitrogen and oxygen atoms in total. The Balaban J connectivity index is 1.60. The first-order chi connectivity index (χ1) is 19.5. The smallest absolute Gasteiger partial charge is 0.331 e. The van der Waals surface area contributed by atoms with E-state index < -0.39 is 22.8 Å². The molecule has 0 atom stereocenters. The summed E-state index contributed by atoms with van der Waals surface area (Å²) in [5.41, 5.74) is 1.90. The molecule has 0 aromatic heterocycles. The van der Waals surface area contributed by atoms with Crippen molar-refractivity contribution in [3.8, 4) is 12.1 Å². The second-order valence-corrected chi connectivity index (χ2v) is 10.8. The highest BCUT2D eigenvalue weighted by Crippen LogP contribution is 2.48. The number of nitrogens with one attached hydrogen (secondary N) is 1. The Hall–Kier alpha value is -4.32. The molecule has 1 N–H and O–H groups in total. The van der Waals surface area contributed by atoms with Crippen molar-refractivity contribution in [2.45, 2.75) is 44.8 Å². The van der Waals surface area contributed by atoms with Crippen LogP contribution in [0.4, 0.5) is 30.2 Å². The molecule has 1 aliphatic heterocycles. The van der Waals surface area contributed by atoms with Gasteiger partial charge in [-0.05, 0) is 112 Å². The first-order valence-corrected chi connectivity index (χ1v) is 13.5. The fourth-order valence-electron chi connectivity index (χ4n) is 5.19. The van der Waals surface area contributed by atoms with E-state index in [1.807, 2.05) is 49.1 Å². The third-order valence-electron chi connectivity index (χ3n) is 7.40. The standard InChI is InChI=1S/C30H23F3N6S2/c1-18-4-9-23(10-5-18)39-28(41)38(24-11-7-20(16-34)19(2)14-24)26(29(39)12-3-13-29)37-27(40)36-22-8-6-21(17-35)25(15-22)30(31,32)33/h4-11,14-15H,3,12-13H2,1-2H3,(H,36,40). The number of nitriles is 2. The van der Waals surface area contributed by atoms with Crippen LogP contribution in [0.2, 0.25) is 0 Å². The number of aliphatic imine (C=N–C) groups is 1. The number of nitrogens with zero attached hydrogens (tertiary/aromatic N) is 5. The number of benzene rings is 3. The van der Waals surface area contributed by atoms with E-state index in [4.69, 9.17) is 34.7 Å². The second kappa shape index (κ2) is 10.6. The van der Waals surface area contributed by atoms with Gasteiger partial charge in [0.05, 0.1) is 28.8 Å². The number of anilines is 3. The highest BCUT2D eigenvalue weighted by atomic mass is 32.1. The third-order valence-corrected chi connectivity index (χ3v) is 7.96. The summed E-state index contributed by atoms with van der Waals surface area (Å²) in [6.07, 6.45) is -2.30. The van der Waals surface area contributed by atoms with Crippen LogP contribution in [0.25, 0.3) is 0 Å². The van der Waals surface area contributed by atoms with Crippen LogP contribution in [0.15, 0.2) is 65.7 Å². The summed E-state index contributed by atoms with van der Waals surface area (Å²) in [4.78, 5) is 8.68. The lowest BCUT2D eigenvalue weighted by molar-refractivity contribution is -0.137. The number of hydrogen-bond acceptors (Lipinski definition) is 4. The molecule has 206 valence electrons. The molecule has 0 unspecified atom stereocenters. The number of aryl methyl sites for hydroxylation is 2. The van der Waals surface area contributed by atoms with Gasteiger partial charge in [-0.1, -0.05) is 17.7 Å². The maximum absolute atomic E-state index is 13.5. The maximum Gasteiger partial charge on any atom is 0.417 e. The fourth-order valence-corrected chi connectivity index (χ4v) is 5.87. The van der Waals surface area contributed by atoms with E-state index in [0.29, 0.717) is 22.2 Å². The Kier molecular flexibility index (Phi) is 7.28. The first-order valence-electron chi connectivity index (χ1n) is 12.7. The molecule has 1 saturated heterocycles. The van der Waals surface area contributed by atoms with Gasteiger partial charge in [0.15, 0.2) is 10.2 Å². The zero-order valence-electron chi connectivity index (χ0n) is 22.1. The van der Waals surface area contributed by atoms with Gasteiger partial charge in [-0.15, -0.1) is 0 Å². The average Bonchev–Trinajstić information content (AvgIpc) is 3.16. The molecule has 1 aliphatic carbocycles. The van der Waals surface area contributed by atoms with E-state index >= 15 is 0 Å². The van der Waals surface area contributed by atoms with Crippen LogP contribution in [0.1, 0.15) is 47.1 Å². The molecule has 0 amide bonds. The van der Waals surface area contributed by atoms with Crippen LogP contribution >= 0.6 is 24.4 Å². The Morgan fingerprint density at radius 3 is 2.15 bits per heavy atom. The predicted molar refractivity (Wildman–Crippen MR) is 161 cm³/mol. The molecule has 1 saturated carbocycles. The number of thiocarbonyl (C=S) groups is 2. The summed E-state index contributed by atoms with van der Waals surface area (Å²) < 4.78 is 40.6. The Bertz CT molecular complexity index is 1680. The van der Waals surface area contributed by atoms with Crippen LogP contribution < -0.4 is 15.1 Å². The number of halogens is 3. The van der Waals surface area contributed by atoms with Crippen molar-refractivity contribution in [3.05, 3.63) is 88.5 Å². The second-order valence-electron chi connectivity index (χ2n) is 10.0. The van der Waals surface area contributed by atoms with Crippen molar-refractivity contribution >= 4 is 57.6 Å². The van der Waals surface area contributed by atoms with Crippen molar-refractivity contribution in [1.29, 1.82) is 10.5 Å². The molecule has 0 bridgehead atoms. The molecule has 3 aromatic carbocycles. The summed E-state index contributed by atoms with van der Waals surface area (Å²) in [7, 11) is 0. The summed E-state index contributed by atoms with van der Waals surface area (Å²) in [6.45, 7) is 3.84. The van der Waals surface area contributed by atoms with Crippen LogP contribution in [0.5, 0.6) is 0 Å². The lowest BCUT2D eigenvalue weighted by atomic mass is 9.74. The van der Waals surface area contributed by atoms with E-state index in [-0.39, 0.29) is 10.8 Å². The minimum Gasteiger partial charge on any atom is -0.331 e. The fraction of sp³-hybridized carbons (Fsp3) is 0.233. The van der Waals surface area contributed by atoms with E-state index in [1.165, 1.54) is 6.07 Å². The van der Waals surface area contributed by atoms with Gasteiger partial charge in [-0.25, -0.2) is 4.99 Å². The lowest BCUT2D eigenvalue weighted by Gasteiger charge is -2.44. The van der Waals surface area contributed by atoms with Gasteiger partial charge < -0.3 is 10.2 Å². The summed E-state index contributed by atoms with van der Waals surface area (Å²) in [6, 6.07) is 20.4. The van der Waals surface area contributed by atoms with Gasteiger partial charge in [0.2, 0.25) is 0 Å². The number of alkyl halides is 3. The summed E-state index contributed by atoms with van der Waals surface area (Å²) >= 11 is 11.6. The quantitative estimate of drug-likeness (QED) is 0.320. The molecule has 3 aromatic rings. The Morgan fingerprint density at radius 2 is 1.59 bits per heavy atom. The van der Waals surface area contributed by atoms with Crippen LogP contribution in [0, 0.1) is 36.5 Å². The normalized spacial score (nSPS) is 16.9. The minimum atomic E-state index is -4.71. The van der Waals surface area contributed by atoms with Crippen molar-refractivity contribution in [3.63, 3.8) is 0 Å². The maximum atomic E-state index is 13.5. The number of hydrogen-bond donors (Lipinski definition) is 1. The van der Waals surface area contributed by atoms with Gasteiger partial charge in [-0.2, -0.15) is 23.7 Å². The van der Waals surface area contributed by atoms with E-state index in [2.05, 4.69) is 16.3 Å². The lowest BCUT2D eigenvalue weighted by Crippen LogP contribution is -2.55. The van der Waals surface area contributed by atoms with Gasteiger partial charge in [-0.3, -0.25) is 4.90 Å². The van der Waals surface area contributed by atoms with Gasteiger partial charge >= 0.3 is 6.18 Å². The average molecular weight is 589 g/mol. The van der Waals surface area contributed by atoms with E-state index in [0.717, 1.165) is 48.2 Å². The van der Waals surface area contributed by atoms with Crippen molar-refractivity contribution in [1.82, 2.24) is 0 Å².